The van der Waals surface area contributed by atoms with Crippen molar-refractivity contribution in [2.24, 2.45) is 0 Å². The van der Waals surface area contributed by atoms with Gasteiger partial charge in [0.05, 0.1) is 0 Å². The molecule has 1 N–H and O–H groups in total. The Labute approximate surface area is 88.4 Å². The van der Waals surface area contributed by atoms with E-state index in [1.165, 1.54) is 16.0 Å². The molecule has 0 unspecified atom stereocenters. The normalized spacial score (nSPS) is 12.3. The zero-order valence-corrected chi connectivity index (χ0v) is 8.27. The van der Waals surface area contributed by atoms with Crippen molar-refractivity contribution in [3.05, 3.63) is 64.5 Å². The van der Waals surface area contributed by atoms with E-state index in [2.05, 4.69) is 60.1 Å². The standard InChI is InChI=1S/C14H11N/c1-2-7-13-10-15-14-8-4-3-6-12(14)9-11(13)5-1/h1-10,15H. The monoisotopic (exact) mass is 193 g/mol. The first-order chi connectivity index (χ1) is 7.43. The van der Waals surface area contributed by atoms with E-state index in [1.807, 2.05) is 6.07 Å². The van der Waals surface area contributed by atoms with Gasteiger partial charge in [0.15, 0.2) is 0 Å². The summed E-state index contributed by atoms with van der Waals surface area (Å²) >= 11 is 0. The quantitative estimate of drug-likeness (QED) is 0.671. The van der Waals surface area contributed by atoms with Gasteiger partial charge in [-0.15, -0.1) is 0 Å². The van der Waals surface area contributed by atoms with E-state index in [-0.39, 0.29) is 0 Å². The van der Waals surface area contributed by atoms with E-state index in [0.29, 0.717) is 0 Å². The average Bonchev–Trinajstić information content (AvgIpc) is 2.48. The third-order valence-electron chi connectivity index (χ3n) is 2.65. The van der Waals surface area contributed by atoms with E-state index in [4.69, 9.17) is 0 Å². The van der Waals surface area contributed by atoms with Crippen LogP contribution in [0, 0.1) is 0 Å². The summed E-state index contributed by atoms with van der Waals surface area (Å²) in [7, 11) is 0. The largest absolute Gasteiger partial charge is 0.361 e. The van der Waals surface area contributed by atoms with Gasteiger partial charge < -0.3 is 5.32 Å². The molecule has 15 heavy (non-hydrogen) atoms. The Kier molecular flexibility index (Phi) is 1.82. The highest BCUT2D eigenvalue weighted by Gasteiger charge is 1.99. The lowest BCUT2D eigenvalue weighted by molar-refractivity contribution is 1.52. The lowest BCUT2D eigenvalue weighted by atomic mass is 10.1. The molecule has 0 fully saturated rings. The van der Waals surface area contributed by atoms with E-state index in [1.54, 1.807) is 0 Å². The molecule has 0 bridgehead atoms. The molecule has 1 nitrogen and oxygen atoms in total. The van der Waals surface area contributed by atoms with Crippen LogP contribution in [0.3, 0.4) is 0 Å². The highest BCUT2D eigenvalue weighted by Crippen LogP contribution is 2.15. The summed E-state index contributed by atoms with van der Waals surface area (Å²) in [6.07, 6.45) is 4.26. The van der Waals surface area contributed by atoms with Crippen molar-refractivity contribution in [1.29, 1.82) is 0 Å². The fourth-order valence-corrected chi connectivity index (χ4v) is 1.85. The first kappa shape index (κ1) is 8.30. The number of para-hydroxylation sites is 1. The van der Waals surface area contributed by atoms with Gasteiger partial charge in [-0.2, -0.15) is 0 Å². The van der Waals surface area contributed by atoms with Crippen LogP contribution in [0.15, 0.2) is 48.5 Å². The number of anilines is 1. The minimum Gasteiger partial charge on any atom is -0.361 e. The fourth-order valence-electron chi connectivity index (χ4n) is 1.85. The molecule has 0 radical (unpaired) electrons. The predicted octanol–water partition coefficient (Wildman–Crippen LogP) is 1.68. The molecule has 2 aromatic carbocycles. The summed E-state index contributed by atoms with van der Waals surface area (Å²) in [5.41, 5.74) is 2.40. The van der Waals surface area contributed by atoms with E-state index >= 15 is 0 Å². The first-order valence-electron chi connectivity index (χ1n) is 5.06. The second kappa shape index (κ2) is 3.28. The number of nitrogens with one attached hydrogen (secondary N) is 1. The summed E-state index contributed by atoms with van der Waals surface area (Å²) in [6.45, 7) is 0. The van der Waals surface area contributed by atoms with Crippen LogP contribution in [0.4, 0.5) is 5.69 Å². The molecular formula is C14H11N. The van der Waals surface area contributed by atoms with Crippen molar-refractivity contribution in [3.8, 4) is 0 Å². The van der Waals surface area contributed by atoms with Gasteiger partial charge in [0.1, 0.15) is 0 Å². The molecule has 0 saturated heterocycles. The van der Waals surface area contributed by atoms with Crippen LogP contribution >= 0.6 is 0 Å². The SMILES string of the molecule is C1=c2ccccc2=Cc2ccccc2N1. The van der Waals surface area contributed by atoms with Gasteiger partial charge >= 0.3 is 0 Å². The molecule has 0 aromatic heterocycles. The Morgan fingerprint density at radius 1 is 0.733 bits per heavy atom. The van der Waals surface area contributed by atoms with Gasteiger partial charge in [-0.1, -0.05) is 42.5 Å². The summed E-state index contributed by atoms with van der Waals surface area (Å²) < 4.78 is 0. The number of hydrogen-bond acceptors (Lipinski definition) is 1. The van der Waals surface area contributed by atoms with Crippen LogP contribution < -0.4 is 15.8 Å². The van der Waals surface area contributed by atoms with Crippen LogP contribution in [0.2, 0.25) is 0 Å². The fraction of sp³-hybridized carbons (Fsp3) is 0. The third-order valence-corrected chi connectivity index (χ3v) is 2.65. The minimum absolute atomic E-state index is 1.16. The molecule has 0 aliphatic carbocycles. The summed E-state index contributed by atoms with van der Waals surface area (Å²) in [5, 5.41) is 5.81. The Hall–Kier alpha value is -2.02. The van der Waals surface area contributed by atoms with Crippen molar-refractivity contribution in [1.82, 2.24) is 0 Å². The Balaban J connectivity index is 2.36. The topological polar surface area (TPSA) is 12.0 Å². The van der Waals surface area contributed by atoms with Gasteiger partial charge in [-0.05, 0) is 28.1 Å². The minimum atomic E-state index is 1.16. The molecule has 3 rings (SSSR count). The van der Waals surface area contributed by atoms with E-state index in [9.17, 15) is 0 Å². The average molecular weight is 193 g/mol. The van der Waals surface area contributed by atoms with Crippen molar-refractivity contribution < 1.29 is 0 Å². The van der Waals surface area contributed by atoms with Crippen LogP contribution in [0.5, 0.6) is 0 Å². The highest BCUT2D eigenvalue weighted by molar-refractivity contribution is 5.72. The van der Waals surface area contributed by atoms with Crippen molar-refractivity contribution in [3.63, 3.8) is 0 Å². The molecule has 0 amide bonds. The zero-order chi connectivity index (χ0) is 10.1. The molecule has 0 spiro atoms. The van der Waals surface area contributed by atoms with Gasteiger partial charge in [0.25, 0.3) is 0 Å². The smallest absolute Gasteiger partial charge is 0.0453 e. The van der Waals surface area contributed by atoms with Crippen LogP contribution in [-0.2, 0) is 0 Å². The number of rotatable bonds is 0. The number of benzene rings is 2. The molecule has 0 saturated carbocycles. The molecule has 1 heteroatoms. The Morgan fingerprint density at radius 2 is 1.47 bits per heavy atom. The Bertz CT molecular complexity index is 611. The maximum absolute atomic E-state index is 3.33. The lowest BCUT2D eigenvalue weighted by Gasteiger charge is -2.02. The molecule has 72 valence electrons. The molecule has 0 atom stereocenters. The van der Waals surface area contributed by atoms with Gasteiger partial charge in [-0.25, -0.2) is 0 Å². The molecule has 2 aromatic rings. The second-order valence-corrected chi connectivity index (χ2v) is 3.65. The summed E-state index contributed by atoms with van der Waals surface area (Å²) in [6, 6.07) is 16.7. The van der Waals surface area contributed by atoms with Gasteiger partial charge in [0.2, 0.25) is 0 Å². The predicted molar refractivity (Wildman–Crippen MR) is 63.8 cm³/mol. The Morgan fingerprint density at radius 3 is 2.40 bits per heavy atom. The molecule has 1 aliphatic rings. The summed E-state index contributed by atoms with van der Waals surface area (Å²) in [5.74, 6) is 0. The maximum atomic E-state index is 3.33. The molecule has 1 aliphatic heterocycles. The van der Waals surface area contributed by atoms with Crippen LogP contribution in [0.1, 0.15) is 5.56 Å². The number of hydrogen-bond donors (Lipinski definition) is 1. The first-order valence-corrected chi connectivity index (χ1v) is 5.06. The van der Waals surface area contributed by atoms with Gasteiger partial charge in [0, 0.05) is 11.9 Å². The second-order valence-electron chi connectivity index (χ2n) is 3.65. The van der Waals surface area contributed by atoms with Gasteiger partial charge in [-0.3, -0.25) is 0 Å². The van der Waals surface area contributed by atoms with Crippen molar-refractivity contribution in [2.75, 3.05) is 5.32 Å². The molecule has 1 heterocycles. The summed E-state index contributed by atoms with van der Waals surface area (Å²) in [4.78, 5) is 0. The van der Waals surface area contributed by atoms with E-state index < -0.39 is 0 Å². The maximum Gasteiger partial charge on any atom is 0.0453 e. The van der Waals surface area contributed by atoms with Crippen molar-refractivity contribution >= 4 is 18.0 Å². The van der Waals surface area contributed by atoms with Crippen LogP contribution in [0.25, 0.3) is 12.3 Å². The van der Waals surface area contributed by atoms with Crippen LogP contribution in [-0.4, -0.2) is 0 Å². The zero-order valence-electron chi connectivity index (χ0n) is 8.27. The lowest BCUT2D eigenvalue weighted by Crippen LogP contribution is -2.23. The molecular weight excluding hydrogens is 182 g/mol. The van der Waals surface area contributed by atoms with Crippen molar-refractivity contribution in [2.45, 2.75) is 0 Å². The number of fused-ring (bicyclic) bond motifs is 2. The third kappa shape index (κ3) is 1.42. The highest BCUT2D eigenvalue weighted by atomic mass is 14.8. The van der Waals surface area contributed by atoms with E-state index in [0.717, 1.165) is 5.69 Å².